The van der Waals surface area contributed by atoms with E-state index in [2.05, 4.69) is 12.0 Å². The standard InChI is InChI=1S/C10H20N2O/c1-5-7-8-11-12(4)10(13)9(3)6-2/h8-9H,5-7H2,1-4H3/b11-8+. The summed E-state index contributed by atoms with van der Waals surface area (Å²) in [5.41, 5.74) is 0. The number of hydrogen-bond acceptors (Lipinski definition) is 2. The fourth-order valence-electron chi connectivity index (χ4n) is 0.860. The SMILES string of the molecule is CCC/C=N/N(C)C(=O)C(C)CC. The van der Waals surface area contributed by atoms with E-state index in [9.17, 15) is 4.79 Å². The number of nitrogens with zero attached hydrogens (tertiary/aromatic N) is 2. The number of unbranched alkanes of at least 4 members (excludes halogenated alkanes) is 1. The average Bonchev–Trinajstić information content (AvgIpc) is 2.15. The van der Waals surface area contributed by atoms with Crippen LogP contribution in [0, 0.1) is 5.92 Å². The zero-order valence-corrected chi connectivity index (χ0v) is 9.08. The largest absolute Gasteiger partial charge is 0.273 e. The van der Waals surface area contributed by atoms with Gasteiger partial charge in [-0.05, 0) is 12.8 Å². The van der Waals surface area contributed by atoms with Crippen LogP contribution >= 0.6 is 0 Å². The molecule has 0 aromatic heterocycles. The quantitative estimate of drug-likeness (QED) is 0.476. The van der Waals surface area contributed by atoms with E-state index in [0.717, 1.165) is 19.3 Å². The second-order valence-corrected chi connectivity index (χ2v) is 3.26. The Balaban J connectivity index is 3.95. The van der Waals surface area contributed by atoms with Crippen LogP contribution in [-0.4, -0.2) is 24.2 Å². The second kappa shape index (κ2) is 6.63. The Bertz CT molecular complexity index is 178. The maximum atomic E-state index is 11.5. The molecule has 1 amide bonds. The second-order valence-electron chi connectivity index (χ2n) is 3.26. The lowest BCUT2D eigenvalue weighted by molar-refractivity contribution is -0.133. The molecule has 3 nitrogen and oxygen atoms in total. The number of hydrogen-bond donors (Lipinski definition) is 0. The minimum absolute atomic E-state index is 0.0729. The van der Waals surface area contributed by atoms with Crippen molar-refractivity contribution >= 4 is 12.1 Å². The number of carbonyl (C=O) groups excluding carboxylic acids is 1. The summed E-state index contributed by atoms with van der Waals surface area (Å²) in [5.74, 6) is 0.165. The van der Waals surface area contributed by atoms with Gasteiger partial charge in [0.05, 0.1) is 0 Å². The molecule has 0 radical (unpaired) electrons. The highest BCUT2D eigenvalue weighted by atomic mass is 16.2. The first kappa shape index (κ1) is 12.1. The fraction of sp³-hybridized carbons (Fsp3) is 0.800. The first-order chi connectivity index (χ1) is 6.13. The lowest BCUT2D eigenvalue weighted by atomic mass is 10.1. The predicted octanol–water partition coefficient (Wildman–Crippen LogP) is 2.28. The molecule has 0 spiro atoms. The van der Waals surface area contributed by atoms with E-state index in [0.29, 0.717) is 0 Å². The molecule has 0 aliphatic carbocycles. The van der Waals surface area contributed by atoms with Gasteiger partial charge in [0.1, 0.15) is 0 Å². The highest BCUT2D eigenvalue weighted by Crippen LogP contribution is 2.04. The third-order valence-electron chi connectivity index (χ3n) is 2.03. The molecule has 3 heteroatoms. The van der Waals surface area contributed by atoms with Gasteiger partial charge in [-0.2, -0.15) is 5.10 Å². The molecule has 0 aliphatic heterocycles. The van der Waals surface area contributed by atoms with Gasteiger partial charge in [-0.3, -0.25) is 4.79 Å². The van der Waals surface area contributed by atoms with E-state index in [1.807, 2.05) is 13.8 Å². The van der Waals surface area contributed by atoms with Crippen LogP contribution in [0.25, 0.3) is 0 Å². The Hall–Kier alpha value is -0.860. The topological polar surface area (TPSA) is 32.7 Å². The van der Waals surface area contributed by atoms with Crippen molar-refractivity contribution in [1.29, 1.82) is 0 Å². The van der Waals surface area contributed by atoms with Crippen LogP contribution in [0.15, 0.2) is 5.10 Å². The van der Waals surface area contributed by atoms with Gasteiger partial charge < -0.3 is 0 Å². The first-order valence-electron chi connectivity index (χ1n) is 4.93. The molecule has 0 rings (SSSR count). The Morgan fingerprint density at radius 1 is 1.54 bits per heavy atom. The van der Waals surface area contributed by atoms with Crippen molar-refractivity contribution in [3.8, 4) is 0 Å². The van der Waals surface area contributed by atoms with Crippen LogP contribution in [-0.2, 0) is 4.79 Å². The number of rotatable bonds is 5. The maximum Gasteiger partial charge on any atom is 0.245 e. The molecule has 76 valence electrons. The van der Waals surface area contributed by atoms with Crippen molar-refractivity contribution in [2.75, 3.05) is 7.05 Å². The van der Waals surface area contributed by atoms with E-state index < -0.39 is 0 Å². The monoisotopic (exact) mass is 184 g/mol. The van der Waals surface area contributed by atoms with Gasteiger partial charge in [0.2, 0.25) is 5.91 Å². The van der Waals surface area contributed by atoms with Crippen LogP contribution in [0.5, 0.6) is 0 Å². The van der Waals surface area contributed by atoms with Crippen molar-refractivity contribution < 1.29 is 4.79 Å². The highest BCUT2D eigenvalue weighted by molar-refractivity contribution is 5.78. The maximum absolute atomic E-state index is 11.5. The van der Waals surface area contributed by atoms with E-state index in [1.165, 1.54) is 5.01 Å². The van der Waals surface area contributed by atoms with E-state index in [-0.39, 0.29) is 11.8 Å². The molecule has 13 heavy (non-hydrogen) atoms. The summed E-state index contributed by atoms with van der Waals surface area (Å²) in [6.07, 6.45) is 4.65. The van der Waals surface area contributed by atoms with Gasteiger partial charge >= 0.3 is 0 Å². The molecule has 0 aromatic rings. The Morgan fingerprint density at radius 3 is 2.62 bits per heavy atom. The van der Waals surface area contributed by atoms with Gasteiger partial charge in [-0.15, -0.1) is 0 Å². The van der Waals surface area contributed by atoms with Crippen LogP contribution < -0.4 is 0 Å². The lowest BCUT2D eigenvalue weighted by Crippen LogP contribution is -2.27. The molecule has 1 unspecified atom stereocenters. The van der Waals surface area contributed by atoms with Crippen LogP contribution in [0.3, 0.4) is 0 Å². The third kappa shape index (κ3) is 4.65. The molecule has 0 saturated carbocycles. The smallest absolute Gasteiger partial charge is 0.245 e. The molecule has 1 atom stereocenters. The highest BCUT2D eigenvalue weighted by Gasteiger charge is 2.13. The van der Waals surface area contributed by atoms with E-state index >= 15 is 0 Å². The molecule has 0 N–H and O–H groups in total. The fourth-order valence-corrected chi connectivity index (χ4v) is 0.860. The summed E-state index contributed by atoms with van der Waals surface area (Å²) < 4.78 is 0. The summed E-state index contributed by atoms with van der Waals surface area (Å²) in [6, 6.07) is 0. The van der Waals surface area contributed by atoms with Gasteiger partial charge in [0, 0.05) is 19.2 Å². The molecule has 0 saturated heterocycles. The molecule has 0 aromatic carbocycles. The molecule has 0 bridgehead atoms. The molecular formula is C10H20N2O. The zero-order valence-electron chi connectivity index (χ0n) is 9.08. The molecule has 0 heterocycles. The Labute approximate surface area is 80.8 Å². The summed E-state index contributed by atoms with van der Waals surface area (Å²) in [4.78, 5) is 11.5. The first-order valence-corrected chi connectivity index (χ1v) is 4.93. The number of carbonyl (C=O) groups is 1. The number of amides is 1. The molecular weight excluding hydrogens is 164 g/mol. The van der Waals surface area contributed by atoms with Gasteiger partial charge in [-0.25, -0.2) is 5.01 Å². The van der Waals surface area contributed by atoms with E-state index in [4.69, 9.17) is 0 Å². The van der Waals surface area contributed by atoms with Crippen LogP contribution in [0.1, 0.15) is 40.0 Å². The summed E-state index contributed by atoms with van der Waals surface area (Å²) in [5, 5.41) is 5.48. The zero-order chi connectivity index (χ0) is 10.3. The summed E-state index contributed by atoms with van der Waals surface area (Å²) in [6.45, 7) is 6.02. The third-order valence-corrected chi connectivity index (χ3v) is 2.03. The average molecular weight is 184 g/mol. The van der Waals surface area contributed by atoms with E-state index in [1.54, 1.807) is 13.3 Å². The van der Waals surface area contributed by atoms with Gasteiger partial charge in [-0.1, -0.05) is 27.2 Å². The summed E-state index contributed by atoms with van der Waals surface area (Å²) >= 11 is 0. The minimum Gasteiger partial charge on any atom is -0.273 e. The van der Waals surface area contributed by atoms with Gasteiger partial charge in [0.15, 0.2) is 0 Å². The lowest BCUT2D eigenvalue weighted by Gasteiger charge is -2.14. The summed E-state index contributed by atoms with van der Waals surface area (Å²) in [7, 11) is 1.71. The van der Waals surface area contributed by atoms with Gasteiger partial charge in [0.25, 0.3) is 0 Å². The molecule has 0 aliphatic rings. The van der Waals surface area contributed by atoms with Crippen molar-refractivity contribution in [3.63, 3.8) is 0 Å². The number of hydrazone groups is 1. The van der Waals surface area contributed by atoms with Crippen LogP contribution in [0.2, 0.25) is 0 Å². The van der Waals surface area contributed by atoms with Crippen molar-refractivity contribution in [1.82, 2.24) is 5.01 Å². The minimum atomic E-state index is 0.0729. The van der Waals surface area contributed by atoms with Crippen molar-refractivity contribution in [2.45, 2.75) is 40.0 Å². The normalized spacial score (nSPS) is 13.2. The Morgan fingerprint density at radius 2 is 2.15 bits per heavy atom. The molecule has 0 fully saturated rings. The Kier molecular flexibility index (Phi) is 6.20. The van der Waals surface area contributed by atoms with Crippen molar-refractivity contribution in [3.05, 3.63) is 0 Å². The van der Waals surface area contributed by atoms with Crippen LogP contribution in [0.4, 0.5) is 0 Å². The van der Waals surface area contributed by atoms with Crippen molar-refractivity contribution in [2.24, 2.45) is 11.0 Å². The predicted molar refractivity (Wildman–Crippen MR) is 55.6 cm³/mol.